The fourth-order valence-corrected chi connectivity index (χ4v) is 3.85. The number of benzene rings is 2. The molecule has 2 unspecified atom stereocenters. The SMILES string of the molecule is NCC(NC(=O)C1CCCc2ncccc21)c1ccc2ccccc2c1. The van der Waals surface area contributed by atoms with Crippen LogP contribution in [-0.2, 0) is 11.2 Å². The monoisotopic (exact) mass is 345 g/mol. The van der Waals surface area contributed by atoms with Crippen molar-refractivity contribution in [3.05, 3.63) is 77.6 Å². The maximum Gasteiger partial charge on any atom is 0.228 e. The van der Waals surface area contributed by atoms with Gasteiger partial charge in [-0.1, -0.05) is 42.5 Å². The minimum atomic E-state index is -0.186. The summed E-state index contributed by atoms with van der Waals surface area (Å²) in [6.45, 7) is 0.372. The average Bonchev–Trinajstić information content (AvgIpc) is 2.71. The first-order chi connectivity index (χ1) is 12.8. The fraction of sp³-hybridized carbons (Fsp3) is 0.273. The van der Waals surface area contributed by atoms with Crippen molar-refractivity contribution >= 4 is 16.7 Å². The van der Waals surface area contributed by atoms with Crippen molar-refractivity contribution in [1.82, 2.24) is 10.3 Å². The second-order valence-electron chi connectivity index (χ2n) is 6.89. The molecule has 0 spiro atoms. The van der Waals surface area contributed by atoms with Crippen LogP contribution in [0.4, 0.5) is 0 Å². The molecule has 2 atom stereocenters. The maximum absolute atomic E-state index is 13.0. The Kier molecular flexibility index (Phi) is 4.67. The van der Waals surface area contributed by atoms with E-state index in [1.807, 2.05) is 24.3 Å². The quantitative estimate of drug-likeness (QED) is 0.761. The van der Waals surface area contributed by atoms with E-state index >= 15 is 0 Å². The number of aryl methyl sites for hydroxylation is 1. The van der Waals surface area contributed by atoms with Gasteiger partial charge in [-0.25, -0.2) is 0 Å². The van der Waals surface area contributed by atoms with Crippen molar-refractivity contribution in [1.29, 1.82) is 0 Å². The first-order valence-corrected chi connectivity index (χ1v) is 9.19. The lowest BCUT2D eigenvalue weighted by molar-refractivity contribution is -0.123. The summed E-state index contributed by atoms with van der Waals surface area (Å²) >= 11 is 0. The minimum absolute atomic E-state index is 0.0440. The van der Waals surface area contributed by atoms with E-state index in [4.69, 9.17) is 5.73 Å². The molecule has 0 fully saturated rings. The zero-order valence-corrected chi connectivity index (χ0v) is 14.7. The van der Waals surface area contributed by atoms with E-state index in [0.29, 0.717) is 6.54 Å². The topological polar surface area (TPSA) is 68.0 Å². The molecule has 0 saturated carbocycles. The Balaban J connectivity index is 1.57. The van der Waals surface area contributed by atoms with Gasteiger partial charge in [0.15, 0.2) is 0 Å². The fourth-order valence-electron chi connectivity index (χ4n) is 3.85. The lowest BCUT2D eigenvalue weighted by Crippen LogP contribution is -2.37. The number of carbonyl (C=O) groups excluding carboxylic acids is 1. The van der Waals surface area contributed by atoms with Crippen molar-refractivity contribution < 1.29 is 4.79 Å². The van der Waals surface area contributed by atoms with E-state index in [1.165, 1.54) is 5.39 Å². The number of aromatic nitrogens is 1. The maximum atomic E-state index is 13.0. The van der Waals surface area contributed by atoms with Crippen LogP contribution < -0.4 is 11.1 Å². The Morgan fingerprint density at radius 1 is 1.15 bits per heavy atom. The molecule has 0 saturated heterocycles. The molecule has 0 radical (unpaired) electrons. The predicted molar refractivity (Wildman–Crippen MR) is 104 cm³/mol. The van der Waals surface area contributed by atoms with Gasteiger partial charge in [0.05, 0.1) is 12.0 Å². The van der Waals surface area contributed by atoms with E-state index in [1.54, 1.807) is 6.20 Å². The predicted octanol–water partition coefficient (Wildman–Crippen LogP) is 3.47. The summed E-state index contributed by atoms with van der Waals surface area (Å²) in [6, 6.07) is 18.2. The van der Waals surface area contributed by atoms with Gasteiger partial charge in [-0.05, 0) is 53.3 Å². The Hall–Kier alpha value is -2.72. The van der Waals surface area contributed by atoms with Crippen LogP contribution in [0.25, 0.3) is 10.8 Å². The number of rotatable bonds is 4. The van der Waals surface area contributed by atoms with E-state index in [2.05, 4.69) is 40.6 Å². The van der Waals surface area contributed by atoms with Crippen molar-refractivity contribution in [2.75, 3.05) is 6.54 Å². The molecule has 4 rings (SSSR count). The van der Waals surface area contributed by atoms with E-state index in [-0.39, 0.29) is 17.9 Å². The molecule has 1 aliphatic carbocycles. The Labute approximate surface area is 153 Å². The van der Waals surface area contributed by atoms with Crippen LogP contribution in [0, 0.1) is 0 Å². The van der Waals surface area contributed by atoms with Crippen LogP contribution in [-0.4, -0.2) is 17.4 Å². The molecule has 1 amide bonds. The molecule has 26 heavy (non-hydrogen) atoms. The zero-order valence-electron chi connectivity index (χ0n) is 14.7. The summed E-state index contributed by atoms with van der Waals surface area (Å²) in [5.74, 6) is -0.0930. The number of fused-ring (bicyclic) bond motifs is 2. The van der Waals surface area contributed by atoms with Crippen LogP contribution >= 0.6 is 0 Å². The third-order valence-electron chi connectivity index (χ3n) is 5.25. The molecule has 3 aromatic rings. The molecule has 0 aliphatic heterocycles. The highest BCUT2D eigenvalue weighted by Gasteiger charge is 2.28. The Morgan fingerprint density at radius 2 is 2.00 bits per heavy atom. The summed E-state index contributed by atoms with van der Waals surface area (Å²) < 4.78 is 0. The minimum Gasteiger partial charge on any atom is -0.347 e. The van der Waals surface area contributed by atoms with Gasteiger partial charge in [-0.2, -0.15) is 0 Å². The molecule has 0 bridgehead atoms. The zero-order chi connectivity index (χ0) is 17.9. The molecule has 2 aromatic carbocycles. The highest BCUT2D eigenvalue weighted by Crippen LogP contribution is 2.31. The van der Waals surface area contributed by atoms with Gasteiger partial charge in [0.25, 0.3) is 0 Å². The van der Waals surface area contributed by atoms with E-state index < -0.39 is 0 Å². The average molecular weight is 345 g/mol. The normalized spacial score (nSPS) is 17.5. The number of nitrogens with zero attached hydrogens (tertiary/aromatic N) is 1. The summed E-state index contributed by atoms with van der Waals surface area (Å²) in [5, 5.41) is 5.51. The number of pyridine rings is 1. The summed E-state index contributed by atoms with van der Waals surface area (Å²) in [4.78, 5) is 17.4. The van der Waals surface area contributed by atoms with Crippen molar-refractivity contribution in [3.8, 4) is 0 Å². The molecule has 4 nitrogen and oxygen atoms in total. The number of hydrogen-bond acceptors (Lipinski definition) is 3. The van der Waals surface area contributed by atoms with E-state index in [9.17, 15) is 4.79 Å². The lowest BCUT2D eigenvalue weighted by Gasteiger charge is -2.26. The first kappa shape index (κ1) is 16.7. The van der Waals surface area contributed by atoms with Crippen LogP contribution in [0.3, 0.4) is 0 Å². The smallest absolute Gasteiger partial charge is 0.228 e. The number of amides is 1. The lowest BCUT2D eigenvalue weighted by atomic mass is 9.85. The van der Waals surface area contributed by atoms with Gasteiger partial charge in [0, 0.05) is 18.4 Å². The van der Waals surface area contributed by atoms with Gasteiger partial charge in [0.1, 0.15) is 0 Å². The molecule has 1 aromatic heterocycles. The number of carbonyl (C=O) groups is 1. The standard InChI is InChI=1S/C22H23N3O/c23-14-21(17-11-10-15-5-1-2-6-16(15)13-17)25-22(26)19-7-3-9-20-18(19)8-4-12-24-20/h1-2,4-6,8,10-13,19,21H,3,7,9,14,23H2,(H,25,26). The van der Waals surface area contributed by atoms with Gasteiger partial charge in [-0.15, -0.1) is 0 Å². The van der Waals surface area contributed by atoms with Crippen LogP contribution in [0.1, 0.15) is 41.6 Å². The van der Waals surface area contributed by atoms with Gasteiger partial charge >= 0.3 is 0 Å². The molecule has 4 heteroatoms. The summed E-state index contributed by atoms with van der Waals surface area (Å²) in [7, 11) is 0. The second-order valence-corrected chi connectivity index (χ2v) is 6.89. The van der Waals surface area contributed by atoms with Gasteiger partial charge in [-0.3, -0.25) is 9.78 Å². The molecule has 1 heterocycles. The third-order valence-corrected chi connectivity index (χ3v) is 5.25. The molecule has 1 aliphatic rings. The number of nitrogens with one attached hydrogen (secondary N) is 1. The number of nitrogens with two attached hydrogens (primary N) is 1. The van der Waals surface area contributed by atoms with E-state index in [0.717, 1.165) is 41.5 Å². The molecular formula is C22H23N3O. The molecule has 3 N–H and O–H groups in total. The molecular weight excluding hydrogens is 322 g/mol. The summed E-state index contributed by atoms with van der Waals surface area (Å²) in [5.41, 5.74) is 9.15. The molecule has 132 valence electrons. The highest BCUT2D eigenvalue weighted by atomic mass is 16.1. The van der Waals surface area contributed by atoms with Crippen molar-refractivity contribution in [2.45, 2.75) is 31.2 Å². The Morgan fingerprint density at radius 3 is 2.85 bits per heavy atom. The second kappa shape index (κ2) is 7.26. The number of hydrogen-bond donors (Lipinski definition) is 2. The van der Waals surface area contributed by atoms with Crippen LogP contribution in [0.15, 0.2) is 60.8 Å². The van der Waals surface area contributed by atoms with Crippen molar-refractivity contribution in [2.24, 2.45) is 5.73 Å². The third kappa shape index (κ3) is 3.20. The van der Waals surface area contributed by atoms with Crippen molar-refractivity contribution in [3.63, 3.8) is 0 Å². The van der Waals surface area contributed by atoms with Crippen LogP contribution in [0.2, 0.25) is 0 Å². The largest absolute Gasteiger partial charge is 0.347 e. The van der Waals surface area contributed by atoms with Gasteiger partial charge in [0.2, 0.25) is 5.91 Å². The summed E-state index contributed by atoms with van der Waals surface area (Å²) in [6.07, 6.45) is 4.60. The van der Waals surface area contributed by atoms with Crippen LogP contribution in [0.5, 0.6) is 0 Å². The first-order valence-electron chi connectivity index (χ1n) is 9.19. The highest BCUT2D eigenvalue weighted by molar-refractivity contribution is 5.85. The Bertz CT molecular complexity index is 937. The van der Waals surface area contributed by atoms with Gasteiger partial charge < -0.3 is 11.1 Å².